The largest absolute Gasteiger partial charge is 0.306 e. The molecule has 4 nitrogen and oxygen atoms in total. The Balaban J connectivity index is 1.98. The quantitative estimate of drug-likeness (QED) is 0.615. The van der Waals surface area contributed by atoms with E-state index in [2.05, 4.69) is 18.8 Å². The summed E-state index contributed by atoms with van der Waals surface area (Å²) in [5.74, 6) is 0.323. The van der Waals surface area contributed by atoms with E-state index in [1.807, 2.05) is 53.9 Å². The third-order valence-electron chi connectivity index (χ3n) is 3.69. The SMILES string of the molecule is CC(C)CN1C(=O)C(=Nc2ccc(SC#N)cc2)c2ccccc21. The molecule has 1 aliphatic heterocycles. The van der Waals surface area contributed by atoms with Crippen molar-refractivity contribution >= 4 is 34.8 Å². The summed E-state index contributed by atoms with van der Waals surface area (Å²) in [6, 6.07) is 15.1. The monoisotopic (exact) mass is 335 g/mol. The fourth-order valence-electron chi connectivity index (χ4n) is 2.69. The van der Waals surface area contributed by atoms with Gasteiger partial charge in [0.1, 0.15) is 11.1 Å². The van der Waals surface area contributed by atoms with E-state index >= 15 is 0 Å². The van der Waals surface area contributed by atoms with Crippen LogP contribution in [0.5, 0.6) is 0 Å². The molecule has 0 aliphatic carbocycles. The van der Waals surface area contributed by atoms with E-state index in [1.165, 1.54) is 0 Å². The number of hydrogen-bond donors (Lipinski definition) is 0. The van der Waals surface area contributed by atoms with Gasteiger partial charge >= 0.3 is 0 Å². The van der Waals surface area contributed by atoms with Crippen molar-refractivity contribution in [1.82, 2.24) is 0 Å². The standard InChI is InChI=1S/C19H17N3OS/c1-13(2)11-22-17-6-4-3-5-16(17)18(19(22)23)21-14-7-9-15(10-8-14)24-12-20/h3-10,13H,11H2,1-2H3. The van der Waals surface area contributed by atoms with Crippen molar-refractivity contribution in [3.8, 4) is 5.40 Å². The molecule has 0 saturated heterocycles. The Morgan fingerprint density at radius 3 is 2.54 bits per heavy atom. The number of nitrogens with zero attached hydrogens (tertiary/aromatic N) is 3. The van der Waals surface area contributed by atoms with Crippen LogP contribution in [0.2, 0.25) is 0 Å². The van der Waals surface area contributed by atoms with Crippen LogP contribution in [-0.4, -0.2) is 18.2 Å². The Bertz CT molecular complexity index is 834. The first kappa shape index (κ1) is 16.3. The van der Waals surface area contributed by atoms with Crippen LogP contribution < -0.4 is 4.90 Å². The van der Waals surface area contributed by atoms with Gasteiger partial charge < -0.3 is 4.90 Å². The number of aliphatic imine (C=N–C) groups is 1. The van der Waals surface area contributed by atoms with Gasteiger partial charge in [-0.15, -0.1) is 0 Å². The van der Waals surface area contributed by atoms with Gasteiger partial charge in [0.25, 0.3) is 5.91 Å². The van der Waals surface area contributed by atoms with Crippen molar-refractivity contribution in [2.75, 3.05) is 11.4 Å². The van der Waals surface area contributed by atoms with Crippen LogP contribution in [-0.2, 0) is 4.79 Å². The van der Waals surface area contributed by atoms with E-state index in [9.17, 15) is 4.79 Å². The topological polar surface area (TPSA) is 56.5 Å². The number of carbonyl (C=O) groups excluding carboxylic acids is 1. The number of hydrogen-bond acceptors (Lipinski definition) is 4. The van der Waals surface area contributed by atoms with E-state index < -0.39 is 0 Å². The maximum absolute atomic E-state index is 12.8. The van der Waals surface area contributed by atoms with E-state index in [-0.39, 0.29) is 5.91 Å². The molecule has 0 radical (unpaired) electrons. The van der Waals surface area contributed by atoms with Crippen LogP contribution in [0.3, 0.4) is 0 Å². The molecule has 2 aromatic rings. The van der Waals surface area contributed by atoms with Crippen LogP contribution in [0, 0.1) is 16.6 Å². The van der Waals surface area contributed by atoms with Crippen molar-refractivity contribution in [2.45, 2.75) is 18.7 Å². The van der Waals surface area contributed by atoms with Crippen molar-refractivity contribution in [3.63, 3.8) is 0 Å². The fraction of sp³-hybridized carbons (Fsp3) is 0.211. The molecule has 0 spiro atoms. The van der Waals surface area contributed by atoms with Gasteiger partial charge in [0.2, 0.25) is 0 Å². The van der Waals surface area contributed by atoms with E-state index in [0.717, 1.165) is 27.9 Å². The molecule has 0 bridgehead atoms. The highest BCUT2D eigenvalue weighted by atomic mass is 32.2. The number of nitriles is 1. The Morgan fingerprint density at radius 2 is 1.88 bits per heavy atom. The molecular formula is C19H17N3OS. The van der Waals surface area contributed by atoms with Gasteiger partial charge in [0.15, 0.2) is 0 Å². The molecule has 24 heavy (non-hydrogen) atoms. The minimum atomic E-state index is -0.0552. The van der Waals surface area contributed by atoms with E-state index in [4.69, 9.17) is 5.26 Å². The van der Waals surface area contributed by atoms with Crippen LogP contribution in [0.4, 0.5) is 11.4 Å². The zero-order chi connectivity index (χ0) is 17.1. The zero-order valence-corrected chi connectivity index (χ0v) is 14.4. The molecule has 1 aliphatic rings. The molecule has 0 saturated carbocycles. The number of anilines is 1. The average molecular weight is 335 g/mol. The van der Waals surface area contributed by atoms with Crippen molar-refractivity contribution in [2.24, 2.45) is 10.9 Å². The molecule has 1 heterocycles. The lowest BCUT2D eigenvalue weighted by molar-refractivity contribution is -0.112. The van der Waals surface area contributed by atoms with Crippen LogP contribution in [0.1, 0.15) is 19.4 Å². The van der Waals surface area contributed by atoms with Gasteiger partial charge in [0.05, 0.1) is 11.4 Å². The maximum Gasteiger partial charge on any atom is 0.277 e. The van der Waals surface area contributed by atoms with Crippen LogP contribution in [0.25, 0.3) is 0 Å². The summed E-state index contributed by atoms with van der Waals surface area (Å²) in [6.45, 7) is 4.86. The summed E-state index contributed by atoms with van der Waals surface area (Å²) in [5.41, 5.74) is 2.99. The molecule has 0 unspecified atom stereocenters. The third-order valence-corrected chi connectivity index (χ3v) is 4.29. The number of amides is 1. The van der Waals surface area contributed by atoms with E-state index in [0.29, 0.717) is 23.9 Å². The Hall–Kier alpha value is -2.58. The summed E-state index contributed by atoms with van der Waals surface area (Å²) in [4.78, 5) is 20.1. The number of thioether (sulfide) groups is 1. The zero-order valence-electron chi connectivity index (χ0n) is 13.6. The van der Waals surface area contributed by atoms with Gasteiger partial charge in [-0.05, 0) is 48.0 Å². The van der Waals surface area contributed by atoms with Crippen LogP contribution >= 0.6 is 11.8 Å². The van der Waals surface area contributed by atoms with Gasteiger partial charge in [-0.25, -0.2) is 4.99 Å². The lowest BCUT2D eigenvalue weighted by Crippen LogP contribution is -2.33. The molecule has 0 atom stereocenters. The Morgan fingerprint density at radius 1 is 1.17 bits per heavy atom. The minimum absolute atomic E-state index is 0.0552. The number of rotatable bonds is 4. The molecule has 0 N–H and O–H groups in total. The first-order chi connectivity index (χ1) is 11.6. The van der Waals surface area contributed by atoms with Gasteiger partial charge in [-0.3, -0.25) is 4.79 Å². The number of thiocyanates is 1. The Labute approximate surface area is 145 Å². The predicted octanol–water partition coefficient (Wildman–Crippen LogP) is 4.38. The molecule has 3 rings (SSSR count). The number of para-hydroxylation sites is 1. The van der Waals surface area contributed by atoms with Gasteiger partial charge in [-0.1, -0.05) is 32.0 Å². The summed E-state index contributed by atoms with van der Waals surface area (Å²) < 4.78 is 0. The van der Waals surface area contributed by atoms with Crippen LogP contribution in [0.15, 0.2) is 58.4 Å². The fourth-order valence-corrected chi connectivity index (χ4v) is 3.06. The highest BCUT2D eigenvalue weighted by molar-refractivity contribution is 8.03. The Kier molecular flexibility index (Phi) is 4.68. The first-order valence-corrected chi connectivity index (χ1v) is 8.57. The van der Waals surface area contributed by atoms with Crippen molar-refractivity contribution in [3.05, 3.63) is 54.1 Å². The number of benzene rings is 2. The smallest absolute Gasteiger partial charge is 0.277 e. The van der Waals surface area contributed by atoms with Crippen molar-refractivity contribution in [1.29, 1.82) is 5.26 Å². The molecule has 0 fully saturated rings. The molecule has 5 heteroatoms. The minimum Gasteiger partial charge on any atom is -0.306 e. The summed E-state index contributed by atoms with van der Waals surface area (Å²) in [6.07, 6.45) is 0. The number of fused-ring (bicyclic) bond motifs is 1. The lowest BCUT2D eigenvalue weighted by Gasteiger charge is -2.18. The molecule has 1 amide bonds. The second-order valence-electron chi connectivity index (χ2n) is 5.97. The lowest BCUT2D eigenvalue weighted by atomic mass is 10.1. The first-order valence-electron chi connectivity index (χ1n) is 7.76. The molecule has 2 aromatic carbocycles. The molecular weight excluding hydrogens is 318 g/mol. The summed E-state index contributed by atoms with van der Waals surface area (Å²) >= 11 is 1.10. The average Bonchev–Trinajstić information content (AvgIpc) is 2.82. The second kappa shape index (κ2) is 6.90. The van der Waals surface area contributed by atoms with Gasteiger partial charge in [-0.2, -0.15) is 5.26 Å². The molecule has 0 aromatic heterocycles. The number of carbonyl (C=O) groups is 1. The molecule has 120 valence electrons. The second-order valence-corrected chi connectivity index (χ2v) is 6.83. The van der Waals surface area contributed by atoms with E-state index in [1.54, 1.807) is 4.90 Å². The van der Waals surface area contributed by atoms with Gasteiger partial charge in [0, 0.05) is 17.0 Å². The predicted molar refractivity (Wildman–Crippen MR) is 97.7 cm³/mol. The maximum atomic E-state index is 12.8. The van der Waals surface area contributed by atoms with Crippen molar-refractivity contribution < 1.29 is 4.79 Å². The summed E-state index contributed by atoms with van der Waals surface area (Å²) in [7, 11) is 0. The normalized spacial score (nSPS) is 15.0. The third kappa shape index (κ3) is 3.19. The highest BCUT2D eigenvalue weighted by Crippen LogP contribution is 2.31. The summed E-state index contributed by atoms with van der Waals surface area (Å²) in [5, 5.41) is 10.7. The highest BCUT2D eigenvalue weighted by Gasteiger charge is 2.33.